The number of rotatable bonds is 7. The summed E-state index contributed by atoms with van der Waals surface area (Å²) in [5.41, 5.74) is 2.19. The van der Waals surface area contributed by atoms with Crippen molar-refractivity contribution in [2.45, 2.75) is 26.3 Å². The van der Waals surface area contributed by atoms with E-state index in [2.05, 4.69) is 29.6 Å². The number of nitrogens with one attached hydrogen (secondary N) is 2. The van der Waals surface area contributed by atoms with Crippen molar-refractivity contribution in [1.29, 1.82) is 0 Å². The maximum absolute atomic E-state index is 12.7. The Balaban J connectivity index is 0.00000182. The van der Waals surface area contributed by atoms with E-state index in [1.165, 1.54) is 0 Å². The van der Waals surface area contributed by atoms with Crippen molar-refractivity contribution in [2.24, 2.45) is 0 Å². The summed E-state index contributed by atoms with van der Waals surface area (Å²) in [4.78, 5) is 18.5. The molecule has 0 aliphatic heterocycles. The van der Waals surface area contributed by atoms with Crippen molar-refractivity contribution < 1.29 is 4.79 Å². The standard InChI is InChI=1S/C18H23N5OS.2ClH/c1-12(2)23-17-14(11-21-23)13(18(24)20-8-5-7-19-3)10-15(22-17)16-6-4-9-25-16;;/h4,6,9-12,19H,5,7-8H2,1-3H3,(H,20,24);2*1H. The highest BCUT2D eigenvalue weighted by Crippen LogP contribution is 2.28. The van der Waals surface area contributed by atoms with Gasteiger partial charge in [-0.2, -0.15) is 5.10 Å². The lowest BCUT2D eigenvalue weighted by atomic mass is 10.1. The molecule has 148 valence electrons. The Kier molecular flexibility index (Phi) is 9.18. The topological polar surface area (TPSA) is 71.8 Å². The smallest absolute Gasteiger partial charge is 0.252 e. The summed E-state index contributed by atoms with van der Waals surface area (Å²) >= 11 is 1.61. The molecule has 0 aromatic carbocycles. The van der Waals surface area contributed by atoms with Crippen LogP contribution in [0.25, 0.3) is 21.6 Å². The molecule has 0 aliphatic rings. The average molecular weight is 430 g/mol. The van der Waals surface area contributed by atoms with Gasteiger partial charge in [-0.15, -0.1) is 36.2 Å². The van der Waals surface area contributed by atoms with Gasteiger partial charge >= 0.3 is 0 Å². The van der Waals surface area contributed by atoms with Crippen LogP contribution in [-0.4, -0.2) is 40.8 Å². The van der Waals surface area contributed by atoms with E-state index in [1.54, 1.807) is 17.5 Å². The number of aromatic nitrogens is 3. The molecule has 6 nitrogen and oxygen atoms in total. The zero-order valence-corrected chi connectivity index (χ0v) is 18.0. The monoisotopic (exact) mass is 429 g/mol. The number of hydrogen-bond donors (Lipinski definition) is 2. The average Bonchev–Trinajstić information content (AvgIpc) is 3.26. The van der Waals surface area contributed by atoms with Crippen molar-refractivity contribution in [1.82, 2.24) is 25.4 Å². The van der Waals surface area contributed by atoms with Crippen molar-refractivity contribution in [3.05, 3.63) is 35.3 Å². The van der Waals surface area contributed by atoms with Crippen LogP contribution < -0.4 is 10.6 Å². The number of halogens is 2. The fraction of sp³-hybridized carbons (Fsp3) is 0.389. The van der Waals surface area contributed by atoms with Gasteiger partial charge in [-0.3, -0.25) is 4.79 Å². The molecule has 0 radical (unpaired) electrons. The minimum absolute atomic E-state index is 0. The molecule has 0 aliphatic carbocycles. The SMILES string of the molecule is CNCCCNC(=O)c1cc(-c2cccs2)nc2c1cnn2C(C)C.Cl.Cl. The molecule has 0 spiro atoms. The Labute approximate surface area is 175 Å². The van der Waals surface area contributed by atoms with Gasteiger partial charge in [-0.25, -0.2) is 9.67 Å². The molecule has 0 atom stereocenters. The molecule has 0 bridgehead atoms. The molecule has 0 saturated carbocycles. The summed E-state index contributed by atoms with van der Waals surface area (Å²) < 4.78 is 1.87. The number of fused-ring (bicyclic) bond motifs is 1. The molecule has 0 unspecified atom stereocenters. The Morgan fingerprint density at radius 1 is 1.30 bits per heavy atom. The van der Waals surface area contributed by atoms with Gasteiger partial charge in [0.2, 0.25) is 0 Å². The number of pyridine rings is 1. The van der Waals surface area contributed by atoms with Gasteiger partial charge < -0.3 is 10.6 Å². The fourth-order valence-corrected chi connectivity index (χ4v) is 3.38. The van der Waals surface area contributed by atoms with Gasteiger partial charge in [0.05, 0.1) is 27.7 Å². The summed E-state index contributed by atoms with van der Waals surface area (Å²) in [6.07, 6.45) is 2.63. The van der Waals surface area contributed by atoms with Crippen molar-refractivity contribution in [3.63, 3.8) is 0 Å². The highest BCUT2D eigenvalue weighted by Gasteiger charge is 2.18. The Bertz CT molecular complexity index is 864. The molecule has 3 aromatic rings. The molecule has 3 aromatic heterocycles. The van der Waals surface area contributed by atoms with Gasteiger partial charge in [0.25, 0.3) is 5.91 Å². The van der Waals surface area contributed by atoms with E-state index in [0.29, 0.717) is 12.1 Å². The Hall–Kier alpha value is -1.67. The lowest BCUT2D eigenvalue weighted by molar-refractivity contribution is 0.0955. The number of hydrogen-bond acceptors (Lipinski definition) is 5. The minimum Gasteiger partial charge on any atom is -0.352 e. The van der Waals surface area contributed by atoms with Crippen molar-refractivity contribution >= 4 is 53.1 Å². The highest BCUT2D eigenvalue weighted by molar-refractivity contribution is 7.13. The Morgan fingerprint density at radius 3 is 2.70 bits per heavy atom. The number of carbonyl (C=O) groups excluding carboxylic acids is 1. The fourth-order valence-electron chi connectivity index (χ4n) is 2.70. The van der Waals surface area contributed by atoms with Crippen LogP contribution in [0.15, 0.2) is 29.8 Å². The molecular formula is C18H25Cl2N5OS. The second kappa shape index (κ2) is 10.6. The van der Waals surface area contributed by atoms with Crippen LogP contribution in [0.4, 0.5) is 0 Å². The van der Waals surface area contributed by atoms with Gasteiger partial charge in [-0.1, -0.05) is 6.07 Å². The molecule has 9 heteroatoms. The maximum Gasteiger partial charge on any atom is 0.252 e. The normalized spacial score (nSPS) is 10.5. The third-order valence-electron chi connectivity index (χ3n) is 3.96. The molecule has 3 heterocycles. The number of nitrogens with zero attached hydrogens (tertiary/aromatic N) is 3. The van der Waals surface area contributed by atoms with Crippen LogP contribution in [0, 0.1) is 0 Å². The molecule has 0 fully saturated rings. The molecule has 0 saturated heterocycles. The lowest BCUT2D eigenvalue weighted by Gasteiger charge is -2.10. The molecule has 3 rings (SSSR count). The number of carbonyl (C=O) groups is 1. The van der Waals surface area contributed by atoms with Crippen LogP contribution in [0.3, 0.4) is 0 Å². The zero-order chi connectivity index (χ0) is 17.8. The summed E-state index contributed by atoms with van der Waals surface area (Å²) in [7, 11) is 1.90. The van der Waals surface area contributed by atoms with Crippen LogP contribution >= 0.6 is 36.2 Å². The van der Waals surface area contributed by atoms with Crippen LogP contribution in [0.2, 0.25) is 0 Å². The predicted octanol–water partition coefficient (Wildman–Crippen LogP) is 3.92. The first-order valence-corrected chi connectivity index (χ1v) is 9.34. The summed E-state index contributed by atoms with van der Waals surface area (Å²) in [5, 5.41) is 13.3. The minimum atomic E-state index is -0.0791. The molecule has 2 N–H and O–H groups in total. The molecular weight excluding hydrogens is 405 g/mol. The summed E-state index contributed by atoms with van der Waals surface area (Å²) in [6, 6.07) is 6.05. The number of amides is 1. The third kappa shape index (κ3) is 5.19. The predicted molar refractivity (Wildman–Crippen MR) is 117 cm³/mol. The molecule has 27 heavy (non-hydrogen) atoms. The number of thiophene rings is 1. The van der Waals surface area contributed by atoms with Crippen molar-refractivity contribution in [2.75, 3.05) is 20.1 Å². The van der Waals surface area contributed by atoms with E-state index >= 15 is 0 Å². The zero-order valence-electron chi connectivity index (χ0n) is 15.6. The van der Waals surface area contributed by atoms with Crippen LogP contribution in [0.1, 0.15) is 36.7 Å². The van der Waals surface area contributed by atoms with Crippen LogP contribution in [-0.2, 0) is 0 Å². The first-order chi connectivity index (χ1) is 12.1. The van der Waals surface area contributed by atoms with Gasteiger partial charge in [0.15, 0.2) is 5.65 Å². The largest absolute Gasteiger partial charge is 0.352 e. The summed E-state index contributed by atoms with van der Waals surface area (Å²) in [6.45, 7) is 5.63. The first-order valence-electron chi connectivity index (χ1n) is 8.46. The lowest BCUT2D eigenvalue weighted by Crippen LogP contribution is -2.26. The maximum atomic E-state index is 12.7. The second-order valence-corrected chi connectivity index (χ2v) is 7.11. The Morgan fingerprint density at radius 2 is 2.07 bits per heavy atom. The van der Waals surface area contributed by atoms with Crippen molar-refractivity contribution in [3.8, 4) is 10.6 Å². The van der Waals surface area contributed by atoms with Gasteiger partial charge in [-0.05, 0) is 51.4 Å². The third-order valence-corrected chi connectivity index (χ3v) is 4.86. The highest BCUT2D eigenvalue weighted by atomic mass is 35.5. The van der Waals surface area contributed by atoms with Gasteiger partial charge in [0.1, 0.15) is 0 Å². The van der Waals surface area contributed by atoms with E-state index in [1.807, 2.05) is 35.3 Å². The van der Waals surface area contributed by atoms with E-state index in [4.69, 9.17) is 4.98 Å². The van der Waals surface area contributed by atoms with Gasteiger partial charge in [0, 0.05) is 12.6 Å². The second-order valence-electron chi connectivity index (χ2n) is 6.17. The van der Waals surface area contributed by atoms with E-state index in [0.717, 1.165) is 34.6 Å². The first kappa shape index (κ1) is 23.4. The molecule has 1 amide bonds. The van der Waals surface area contributed by atoms with E-state index < -0.39 is 0 Å². The van der Waals surface area contributed by atoms with Crippen LogP contribution in [0.5, 0.6) is 0 Å². The van der Waals surface area contributed by atoms with E-state index in [9.17, 15) is 4.79 Å². The summed E-state index contributed by atoms with van der Waals surface area (Å²) in [5.74, 6) is -0.0791. The quantitative estimate of drug-likeness (QED) is 0.558. The van der Waals surface area contributed by atoms with E-state index in [-0.39, 0.29) is 36.8 Å².